The van der Waals surface area contributed by atoms with E-state index in [2.05, 4.69) is 27.3 Å². The first-order valence-corrected chi connectivity index (χ1v) is 10.1. The van der Waals surface area contributed by atoms with Crippen molar-refractivity contribution >= 4 is 23.6 Å². The molecule has 1 saturated heterocycles. The summed E-state index contributed by atoms with van der Waals surface area (Å²) < 4.78 is 21.0. The van der Waals surface area contributed by atoms with E-state index in [-0.39, 0.29) is 17.5 Å². The Labute approximate surface area is 162 Å². The maximum atomic E-state index is 13.8. The van der Waals surface area contributed by atoms with Crippen molar-refractivity contribution in [1.29, 1.82) is 0 Å². The number of hydrogen-bond acceptors (Lipinski definition) is 6. The van der Waals surface area contributed by atoms with Gasteiger partial charge in [-0.25, -0.2) is 4.39 Å². The number of rotatable bonds is 8. The summed E-state index contributed by atoms with van der Waals surface area (Å²) in [6.45, 7) is 5.35. The number of aromatic nitrogens is 3. The second-order valence-electron chi connectivity index (χ2n) is 6.19. The van der Waals surface area contributed by atoms with Crippen LogP contribution in [0.4, 0.5) is 10.3 Å². The van der Waals surface area contributed by atoms with Gasteiger partial charge in [-0.1, -0.05) is 31.2 Å². The number of nitrogens with zero attached hydrogens (tertiary/aromatic N) is 4. The molecule has 0 bridgehead atoms. The number of benzene rings is 1. The monoisotopic (exact) mass is 393 g/mol. The van der Waals surface area contributed by atoms with Crippen LogP contribution in [0.3, 0.4) is 0 Å². The highest BCUT2D eigenvalue weighted by Crippen LogP contribution is 2.27. The van der Waals surface area contributed by atoms with Crippen LogP contribution < -0.4 is 10.2 Å². The lowest BCUT2D eigenvalue weighted by atomic mass is 10.3. The molecule has 27 heavy (non-hydrogen) atoms. The number of carbonyl (C=O) groups is 1. The summed E-state index contributed by atoms with van der Waals surface area (Å²) in [5.74, 6) is 0.496. The standard InChI is InChI=1S/C18H24FN5O2S/c1-2-3-7-20-16(25)13-27-18-22-21-17(23-8-10-26-11-9-23)24(18)15-6-4-5-14(19)12-15/h4-6,12H,2-3,7-11,13H2,1H3,(H,20,25). The van der Waals surface area contributed by atoms with E-state index in [0.29, 0.717) is 49.6 Å². The average Bonchev–Trinajstić information content (AvgIpc) is 3.11. The Bertz CT molecular complexity index is 764. The molecule has 1 fully saturated rings. The zero-order chi connectivity index (χ0) is 19.1. The minimum absolute atomic E-state index is 0.0461. The van der Waals surface area contributed by atoms with E-state index in [1.807, 2.05) is 6.07 Å². The van der Waals surface area contributed by atoms with Crippen molar-refractivity contribution in [2.45, 2.75) is 24.9 Å². The van der Waals surface area contributed by atoms with Crippen LogP contribution >= 0.6 is 11.8 Å². The van der Waals surface area contributed by atoms with Crippen molar-refractivity contribution in [3.8, 4) is 5.69 Å². The van der Waals surface area contributed by atoms with Gasteiger partial charge in [0, 0.05) is 19.6 Å². The molecular weight excluding hydrogens is 369 g/mol. The van der Waals surface area contributed by atoms with Crippen LogP contribution in [0.15, 0.2) is 29.4 Å². The number of amides is 1. The smallest absolute Gasteiger partial charge is 0.232 e. The summed E-state index contributed by atoms with van der Waals surface area (Å²) in [6.07, 6.45) is 1.99. The van der Waals surface area contributed by atoms with Crippen molar-refractivity contribution in [2.75, 3.05) is 43.5 Å². The van der Waals surface area contributed by atoms with Crippen molar-refractivity contribution in [2.24, 2.45) is 0 Å². The third-order valence-corrected chi connectivity index (χ3v) is 5.09. The summed E-state index contributed by atoms with van der Waals surface area (Å²) in [6, 6.07) is 6.30. The normalized spacial score (nSPS) is 14.4. The molecule has 1 aromatic carbocycles. The zero-order valence-corrected chi connectivity index (χ0v) is 16.2. The van der Waals surface area contributed by atoms with E-state index in [1.165, 1.54) is 23.9 Å². The van der Waals surface area contributed by atoms with Gasteiger partial charge in [0.2, 0.25) is 11.9 Å². The number of nitrogens with one attached hydrogen (secondary N) is 1. The van der Waals surface area contributed by atoms with Gasteiger partial charge in [-0.2, -0.15) is 0 Å². The molecule has 1 aliphatic heterocycles. The van der Waals surface area contributed by atoms with Gasteiger partial charge in [0.1, 0.15) is 5.82 Å². The maximum absolute atomic E-state index is 13.8. The van der Waals surface area contributed by atoms with Crippen molar-refractivity contribution in [3.63, 3.8) is 0 Å². The minimum Gasteiger partial charge on any atom is -0.378 e. The van der Waals surface area contributed by atoms with Crippen molar-refractivity contribution < 1.29 is 13.9 Å². The van der Waals surface area contributed by atoms with Crippen LogP contribution in [0.1, 0.15) is 19.8 Å². The highest BCUT2D eigenvalue weighted by molar-refractivity contribution is 7.99. The molecule has 0 unspecified atom stereocenters. The summed E-state index contributed by atoms with van der Waals surface area (Å²) in [4.78, 5) is 14.1. The van der Waals surface area contributed by atoms with Crippen LogP contribution in [0, 0.1) is 5.82 Å². The van der Waals surface area contributed by atoms with E-state index < -0.39 is 0 Å². The Hall–Kier alpha value is -2.13. The van der Waals surface area contributed by atoms with Crippen LogP contribution in [0.5, 0.6) is 0 Å². The predicted octanol–water partition coefficient (Wildman–Crippen LogP) is 2.25. The van der Waals surface area contributed by atoms with Crippen LogP contribution in [0.2, 0.25) is 0 Å². The summed E-state index contributed by atoms with van der Waals surface area (Å²) >= 11 is 1.30. The van der Waals surface area contributed by atoms with Crippen molar-refractivity contribution in [3.05, 3.63) is 30.1 Å². The topological polar surface area (TPSA) is 72.3 Å². The predicted molar refractivity (Wildman–Crippen MR) is 103 cm³/mol. The summed E-state index contributed by atoms with van der Waals surface area (Å²) in [7, 11) is 0. The lowest BCUT2D eigenvalue weighted by molar-refractivity contribution is -0.118. The number of anilines is 1. The molecular formula is C18H24FN5O2S. The Morgan fingerprint density at radius 3 is 2.89 bits per heavy atom. The second kappa shape index (κ2) is 9.70. The number of hydrogen-bond donors (Lipinski definition) is 1. The molecule has 2 aromatic rings. The largest absolute Gasteiger partial charge is 0.378 e. The molecule has 1 aromatic heterocycles. The van der Waals surface area contributed by atoms with Crippen LogP contribution in [0.25, 0.3) is 5.69 Å². The lowest BCUT2D eigenvalue weighted by Crippen LogP contribution is -2.37. The molecule has 1 amide bonds. The third-order valence-electron chi connectivity index (χ3n) is 4.16. The molecule has 0 aliphatic carbocycles. The van der Waals surface area contributed by atoms with Gasteiger partial charge in [0.15, 0.2) is 5.16 Å². The fourth-order valence-corrected chi connectivity index (χ4v) is 3.53. The highest BCUT2D eigenvalue weighted by atomic mass is 32.2. The zero-order valence-electron chi connectivity index (χ0n) is 15.4. The quantitative estimate of drug-likeness (QED) is 0.548. The molecule has 1 N–H and O–H groups in total. The Morgan fingerprint density at radius 2 is 2.15 bits per heavy atom. The molecule has 146 valence electrons. The number of morpholine rings is 1. The fraction of sp³-hybridized carbons (Fsp3) is 0.500. The number of halogens is 1. The molecule has 0 saturated carbocycles. The number of ether oxygens (including phenoxy) is 1. The van der Waals surface area contributed by atoms with E-state index in [0.717, 1.165) is 12.8 Å². The molecule has 0 radical (unpaired) electrons. The van der Waals surface area contributed by atoms with Gasteiger partial charge >= 0.3 is 0 Å². The lowest BCUT2D eigenvalue weighted by Gasteiger charge is -2.27. The van der Waals surface area contributed by atoms with Crippen molar-refractivity contribution in [1.82, 2.24) is 20.1 Å². The fourth-order valence-electron chi connectivity index (χ4n) is 2.75. The van der Waals surface area contributed by atoms with Gasteiger partial charge in [0.05, 0.1) is 24.7 Å². The Balaban J connectivity index is 1.80. The minimum atomic E-state index is -0.331. The Kier molecular flexibility index (Phi) is 7.05. The maximum Gasteiger partial charge on any atom is 0.232 e. The summed E-state index contributed by atoms with van der Waals surface area (Å²) in [5.41, 5.74) is 0.635. The first-order valence-electron chi connectivity index (χ1n) is 9.12. The van der Waals surface area contributed by atoms with E-state index in [4.69, 9.17) is 4.74 Å². The first-order chi connectivity index (χ1) is 13.2. The van der Waals surface area contributed by atoms with Gasteiger partial charge in [0.25, 0.3) is 0 Å². The number of unbranched alkanes of at least 4 members (excludes halogenated alkanes) is 1. The summed E-state index contributed by atoms with van der Waals surface area (Å²) in [5, 5.41) is 12.0. The molecule has 0 spiro atoms. The molecule has 7 nitrogen and oxygen atoms in total. The van der Waals surface area contributed by atoms with E-state index in [9.17, 15) is 9.18 Å². The molecule has 3 rings (SSSR count). The molecule has 2 heterocycles. The van der Waals surface area contributed by atoms with Gasteiger partial charge < -0.3 is 15.0 Å². The Morgan fingerprint density at radius 1 is 1.33 bits per heavy atom. The van der Waals surface area contributed by atoms with E-state index in [1.54, 1.807) is 10.6 Å². The number of thioether (sulfide) groups is 1. The van der Waals surface area contributed by atoms with Crippen LogP contribution in [-0.2, 0) is 9.53 Å². The average molecular weight is 393 g/mol. The van der Waals surface area contributed by atoms with Gasteiger partial charge in [-0.15, -0.1) is 10.2 Å². The van der Waals surface area contributed by atoms with E-state index >= 15 is 0 Å². The number of carbonyl (C=O) groups excluding carboxylic acids is 1. The second-order valence-corrected chi connectivity index (χ2v) is 7.13. The first kappa shape index (κ1) is 19.6. The molecule has 0 atom stereocenters. The third kappa shape index (κ3) is 5.20. The molecule has 1 aliphatic rings. The highest BCUT2D eigenvalue weighted by Gasteiger charge is 2.22. The van der Waals surface area contributed by atoms with Gasteiger partial charge in [-0.05, 0) is 24.6 Å². The van der Waals surface area contributed by atoms with Gasteiger partial charge in [-0.3, -0.25) is 9.36 Å². The molecule has 9 heteroatoms. The SMILES string of the molecule is CCCCNC(=O)CSc1nnc(N2CCOCC2)n1-c1cccc(F)c1. The van der Waals surface area contributed by atoms with Crippen LogP contribution in [-0.4, -0.2) is 59.3 Å².